The van der Waals surface area contributed by atoms with Crippen LogP contribution in [-0.2, 0) is 15.3 Å². The average Bonchev–Trinajstić information content (AvgIpc) is 3.35. The number of nitrogens with zero attached hydrogens (tertiary/aromatic N) is 6. The van der Waals surface area contributed by atoms with Crippen molar-refractivity contribution in [3.8, 4) is 0 Å². The van der Waals surface area contributed by atoms with E-state index in [2.05, 4.69) is 17.0 Å². The minimum absolute atomic E-state index is 0.0299. The van der Waals surface area contributed by atoms with E-state index in [1.807, 2.05) is 47.4 Å². The maximum atomic E-state index is 13.6. The smallest absolute Gasteiger partial charge is 0.269 e. The summed E-state index contributed by atoms with van der Waals surface area (Å²) in [6.45, 7) is 2.85. The molecule has 3 aliphatic rings. The molecule has 41 heavy (non-hydrogen) atoms. The zero-order chi connectivity index (χ0) is 28.3. The van der Waals surface area contributed by atoms with Gasteiger partial charge in [-0.05, 0) is 36.2 Å². The number of anilines is 1. The lowest BCUT2D eigenvalue weighted by Crippen LogP contribution is -2.49. The van der Waals surface area contributed by atoms with Gasteiger partial charge in [0.05, 0.1) is 10.6 Å². The van der Waals surface area contributed by atoms with Crippen LogP contribution in [0.4, 0.5) is 17.1 Å². The molecular weight excluding hydrogens is 540 g/mol. The van der Waals surface area contributed by atoms with Crippen molar-refractivity contribution in [2.75, 3.05) is 31.1 Å². The maximum Gasteiger partial charge on any atom is 0.269 e. The van der Waals surface area contributed by atoms with Crippen LogP contribution in [0.3, 0.4) is 0 Å². The topological polar surface area (TPSA) is 112 Å². The first-order valence-electron chi connectivity index (χ1n) is 13.5. The molecule has 10 nitrogen and oxygen atoms in total. The van der Waals surface area contributed by atoms with Gasteiger partial charge in [-0.15, -0.1) is 0 Å². The van der Waals surface area contributed by atoms with Gasteiger partial charge in [0.2, 0.25) is 5.91 Å². The first-order chi connectivity index (χ1) is 20.0. The lowest BCUT2D eigenvalue weighted by atomic mass is 10.1. The lowest BCUT2D eigenvalue weighted by Gasteiger charge is -2.36. The second kappa shape index (κ2) is 11.5. The quantitative estimate of drug-likeness (QED) is 0.304. The molecule has 0 spiro atoms. The summed E-state index contributed by atoms with van der Waals surface area (Å²) in [5, 5.41) is 11.5. The number of carbonyl (C=O) groups is 2. The Morgan fingerprint density at radius 3 is 2.39 bits per heavy atom. The van der Waals surface area contributed by atoms with Gasteiger partial charge >= 0.3 is 0 Å². The van der Waals surface area contributed by atoms with Crippen molar-refractivity contribution in [2.45, 2.75) is 24.6 Å². The summed E-state index contributed by atoms with van der Waals surface area (Å²) < 4.78 is 0. The second-order valence-corrected chi connectivity index (χ2v) is 11.0. The first-order valence-corrected chi connectivity index (χ1v) is 14.5. The van der Waals surface area contributed by atoms with E-state index in [-0.39, 0.29) is 23.9 Å². The number of benzene rings is 3. The number of nitro groups is 1. The number of piperazine rings is 1. The number of non-ortho nitro benzene ring substituents is 1. The number of nitro benzene ring substituents is 1. The van der Waals surface area contributed by atoms with Crippen molar-refractivity contribution in [1.29, 1.82) is 0 Å². The van der Waals surface area contributed by atoms with Gasteiger partial charge in [0.25, 0.3) is 11.6 Å². The molecular formula is C30H28N6O4S. The summed E-state index contributed by atoms with van der Waals surface area (Å²) in [5.41, 5.74) is 3.58. The number of hydrogen-bond donors (Lipinski definition) is 0. The van der Waals surface area contributed by atoms with Gasteiger partial charge in [-0.2, -0.15) is 0 Å². The average molecular weight is 569 g/mol. The summed E-state index contributed by atoms with van der Waals surface area (Å²) in [5.74, 6) is 0.887. The minimum Gasteiger partial charge on any atom is -0.368 e. The van der Waals surface area contributed by atoms with E-state index >= 15 is 0 Å². The number of rotatable bonds is 7. The zero-order valence-corrected chi connectivity index (χ0v) is 23.1. The number of amides is 2. The van der Waals surface area contributed by atoms with Crippen LogP contribution >= 0.6 is 11.8 Å². The molecule has 1 fully saturated rings. The molecule has 0 aliphatic carbocycles. The SMILES string of the molecule is O=C(CC[C@@H]1N=C2c3ccccc3N=C(SCc3ccc([N+](=O)[O-])cc3)N2C1=O)N1CCN(c2ccccc2)CC1. The molecule has 11 heteroatoms. The number of thioether (sulfide) groups is 1. The number of amidine groups is 2. The summed E-state index contributed by atoms with van der Waals surface area (Å²) in [7, 11) is 0. The van der Waals surface area contributed by atoms with E-state index in [0.717, 1.165) is 35.6 Å². The highest BCUT2D eigenvalue weighted by molar-refractivity contribution is 8.13. The van der Waals surface area contributed by atoms with Crippen LogP contribution in [0.25, 0.3) is 0 Å². The van der Waals surface area contributed by atoms with Gasteiger partial charge in [-0.25, -0.2) is 9.89 Å². The summed E-state index contributed by atoms with van der Waals surface area (Å²) in [6.07, 6.45) is 0.579. The van der Waals surface area contributed by atoms with Crippen molar-refractivity contribution in [1.82, 2.24) is 9.80 Å². The van der Waals surface area contributed by atoms with Gasteiger partial charge in [-0.1, -0.05) is 54.2 Å². The van der Waals surface area contributed by atoms with Crippen molar-refractivity contribution < 1.29 is 14.5 Å². The fourth-order valence-corrected chi connectivity index (χ4v) is 6.18. The highest BCUT2D eigenvalue weighted by Crippen LogP contribution is 2.35. The van der Waals surface area contributed by atoms with Crippen molar-refractivity contribution in [2.24, 2.45) is 9.98 Å². The van der Waals surface area contributed by atoms with E-state index in [4.69, 9.17) is 9.98 Å². The molecule has 3 aromatic carbocycles. The number of para-hydroxylation sites is 2. The molecule has 3 aromatic rings. The molecule has 0 aromatic heterocycles. The summed E-state index contributed by atoms with van der Waals surface area (Å²) in [4.78, 5) is 52.5. The molecule has 0 N–H and O–H groups in total. The van der Waals surface area contributed by atoms with Gasteiger partial charge in [0.15, 0.2) is 5.17 Å². The highest BCUT2D eigenvalue weighted by atomic mass is 32.2. The van der Waals surface area contributed by atoms with Crippen LogP contribution in [0, 0.1) is 10.1 Å². The van der Waals surface area contributed by atoms with Crippen LogP contribution in [0.15, 0.2) is 88.8 Å². The third-order valence-electron chi connectivity index (χ3n) is 7.45. The van der Waals surface area contributed by atoms with Crippen LogP contribution in [0.2, 0.25) is 0 Å². The maximum absolute atomic E-state index is 13.6. The molecule has 6 rings (SSSR count). The van der Waals surface area contributed by atoms with Gasteiger partial charge in [0, 0.05) is 61.7 Å². The number of hydrogen-bond acceptors (Lipinski definition) is 8. The van der Waals surface area contributed by atoms with Crippen molar-refractivity contribution in [3.63, 3.8) is 0 Å². The fraction of sp³-hybridized carbons (Fsp3) is 0.267. The molecule has 0 bridgehead atoms. The van der Waals surface area contributed by atoms with Gasteiger partial charge < -0.3 is 9.80 Å². The Bertz CT molecular complexity index is 1530. The number of fused-ring (bicyclic) bond motifs is 3. The first kappa shape index (κ1) is 26.7. The lowest BCUT2D eigenvalue weighted by molar-refractivity contribution is -0.384. The minimum atomic E-state index is -0.657. The Balaban J connectivity index is 1.11. The predicted octanol–water partition coefficient (Wildman–Crippen LogP) is 4.62. The highest BCUT2D eigenvalue weighted by Gasteiger charge is 2.41. The largest absolute Gasteiger partial charge is 0.368 e. The van der Waals surface area contributed by atoms with E-state index in [1.54, 1.807) is 17.0 Å². The molecule has 0 radical (unpaired) electrons. The van der Waals surface area contributed by atoms with Crippen molar-refractivity contribution in [3.05, 3.63) is 100 Å². The Labute approximate surface area is 241 Å². The fourth-order valence-electron chi connectivity index (χ4n) is 5.22. The van der Waals surface area contributed by atoms with Crippen molar-refractivity contribution >= 4 is 51.6 Å². The zero-order valence-electron chi connectivity index (χ0n) is 22.3. The standard InChI is InChI=1S/C30H28N6O4S/c37-27(34-18-16-33(17-19-34)22-6-2-1-3-7-22)15-14-26-29(38)35-28(31-26)24-8-4-5-9-25(24)32-30(35)41-20-21-10-12-23(13-11-21)36(39)40/h1-13,26H,14-20H2/t26-/m0/s1. The van der Waals surface area contributed by atoms with Crippen LogP contribution in [0.1, 0.15) is 24.0 Å². The summed E-state index contributed by atoms with van der Waals surface area (Å²) in [6, 6.07) is 23.4. The van der Waals surface area contributed by atoms with Gasteiger partial charge in [-0.3, -0.25) is 24.7 Å². The van der Waals surface area contributed by atoms with Crippen LogP contribution in [-0.4, -0.2) is 69.8 Å². The molecule has 1 atom stereocenters. The third-order valence-corrected chi connectivity index (χ3v) is 8.46. The van der Waals surface area contributed by atoms with Gasteiger partial charge in [0.1, 0.15) is 11.9 Å². The molecule has 3 heterocycles. The molecule has 3 aliphatic heterocycles. The molecule has 0 unspecified atom stereocenters. The van der Waals surface area contributed by atoms with E-state index < -0.39 is 11.0 Å². The van der Waals surface area contributed by atoms with E-state index in [1.165, 1.54) is 23.9 Å². The Hall–Kier alpha value is -4.51. The second-order valence-electron chi connectivity index (χ2n) is 10.0. The molecule has 1 saturated heterocycles. The molecule has 0 saturated carbocycles. The third kappa shape index (κ3) is 5.58. The normalized spacial score (nSPS) is 18.0. The molecule has 208 valence electrons. The number of aliphatic imine (C=N–C) groups is 2. The Morgan fingerprint density at radius 1 is 0.951 bits per heavy atom. The Morgan fingerprint density at radius 2 is 1.66 bits per heavy atom. The van der Waals surface area contributed by atoms with E-state index in [9.17, 15) is 19.7 Å². The monoisotopic (exact) mass is 568 g/mol. The van der Waals surface area contributed by atoms with E-state index in [0.29, 0.717) is 36.3 Å². The van der Waals surface area contributed by atoms with Crippen LogP contribution < -0.4 is 4.90 Å². The van der Waals surface area contributed by atoms with Crippen LogP contribution in [0.5, 0.6) is 0 Å². The Kier molecular flexibility index (Phi) is 7.51. The molecule has 2 amide bonds. The predicted molar refractivity (Wildman–Crippen MR) is 160 cm³/mol. The number of carbonyl (C=O) groups excluding carboxylic acids is 2. The summed E-state index contributed by atoms with van der Waals surface area (Å²) >= 11 is 1.38.